The Labute approximate surface area is 251 Å². The molecule has 1 saturated heterocycles. The van der Waals surface area contributed by atoms with Crippen molar-refractivity contribution in [2.24, 2.45) is 5.14 Å². The molecule has 4 heterocycles. The van der Waals surface area contributed by atoms with Crippen LogP contribution in [0.3, 0.4) is 0 Å². The highest BCUT2D eigenvalue weighted by molar-refractivity contribution is 7.89. The minimum Gasteiger partial charge on any atom is -0.481 e. The molecule has 1 aliphatic heterocycles. The van der Waals surface area contributed by atoms with Crippen molar-refractivity contribution in [1.29, 1.82) is 0 Å². The average Bonchev–Trinajstić information content (AvgIpc) is 2.98. The summed E-state index contributed by atoms with van der Waals surface area (Å²) in [7, 11) is -2.91. The number of ether oxygens (including phenoxy) is 1. The summed E-state index contributed by atoms with van der Waals surface area (Å²) in [5.41, 5.74) is 1.83. The molecule has 3 aromatic heterocycles. The highest BCUT2D eigenvalue weighted by Gasteiger charge is 2.25. The van der Waals surface area contributed by atoms with E-state index in [4.69, 9.17) is 26.5 Å². The Hall–Kier alpha value is -4.53. The molecule has 2 N–H and O–H groups in total. The standard InChI is InChI=1S/C28H25ClFN7O5S/c1-16(38)3-8-23(39)36-9-11-37(12-10-36)27-26-21(33-15-34-27)6-5-20(35-26)17-13-18(28(42-2)32-14-17)24-19(30)4-7-22(25(24)29)43(31,40)41/h3-8,13-15H,9-12H2,1-2H3,(H2,31,40,41)/b8-3+. The van der Waals surface area contributed by atoms with Crippen LogP contribution in [0.4, 0.5) is 10.2 Å². The average molecular weight is 626 g/mol. The van der Waals surface area contributed by atoms with E-state index < -0.39 is 25.8 Å². The highest BCUT2D eigenvalue weighted by Crippen LogP contribution is 2.40. The van der Waals surface area contributed by atoms with E-state index >= 15 is 4.39 Å². The largest absolute Gasteiger partial charge is 0.481 e. The molecule has 1 aromatic carbocycles. The zero-order valence-electron chi connectivity index (χ0n) is 23.0. The number of hydrogen-bond donors (Lipinski definition) is 1. The number of sulfonamides is 1. The van der Waals surface area contributed by atoms with E-state index in [0.29, 0.717) is 54.3 Å². The minimum absolute atomic E-state index is 0.00602. The summed E-state index contributed by atoms with van der Waals surface area (Å²) >= 11 is 6.34. The van der Waals surface area contributed by atoms with Crippen molar-refractivity contribution in [2.45, 2.75) is 11.8 Å². The summed E-state index contributed by atoms with van der Waals surface area (Å²) in [6.45, 7) is 3.17. The van der Waals surface area contributed by atoms with Gasteiger partial charge in [0.2, 0.25) is 21.8 Å². The van der Waals surface area contributed by atoms with Crippen molar-refractivity contribution >= 4 is 50.2 Å². The summed E-state index contributed by atoms with van der Waals surface area (Å²) < 4.78 is 44.5. The Morgan fingerprint density at radius 1 is 1.07 bits per heavy atom. The van der Waals surface area contributed by atoms with Crippen molar-refractivity contribution in [1.82, 2.24) is 24.8 Å². The molecule has 1 aliphatic rings. The number of ketones is 1. The van der Waals surface area contributed by atoms with Crippen molar-refractivity contribution in [3.63, 3.8) is 0 Å². The van der Waals surface area contributed by atoms with Crippen LogP contribution in [-0.4, -0.2) is 78.2 Å². The third-order valence-electron chi connectivity index (χ3n) is 6.79. The third-order valence-corrected chi connectivity index (χ3v) is 8.24. The second kappa shape index (κ2) is 12.0. The fourth-order valence-electron chi connectivity index (χ4n) is 4.69. The monoisotopic (exact) mass is 625 g/mol. The number of halogens is 2. The van der Waals surface area contributed by atoms with Crippen LogP contribution in [0.5, 0.6) is 5.88 Å². The molecule has 12 nitrogen and oxygen atoms in total. The van der Waals surface area contributed by atoms with Gasteiger partial charge in [0.1, 0.15) is 22.6 Å². The van der Waals surface area contributed by atoms with Gasteiger partial charge in [-0.2, -0.15) is 0 Å². The molecule has 0 aliphatic carbocycles. The van der Waals surface area contributed by atoms with Gasteiger partial charge in [0.15, 0.2) is 11.6 Å². The van der Waals surface area contributed by atoms with Crippen LogP contribution in [0.1, 0.15) is 6.92 Å². The first-order valence-electron chi connectivity index (χ1n) is 12.9. The van der Waals surface area contributed by atoms with Crippen molar-refractivity contribution in [2.75, 3.05) is 38.2 Å². The van der Waals surface area contributed by atoms with Crippen molar-refractivity contribution < 1.29 is 27.1 Å². The van der Waals surface area contributed by atoms with Gasteiger partial charge in [-0.05, 0) is 43.3 Å². The topological polar surface area (TPSA) is 162 Å². The first-order chi connectivity index (χ1) is 20.5. The molecule has 0 atom stereocenters. The summed E-state index contributed by atoms with van der Waals surface area (Å²) in [6.07, 6.45) is 5.43. The van der Waals surface area contributed by atoms with Crippen LogP contribution < -0.4 is 14.8 Å². The Morgan fingerprint density at radius 2 is 1.81 bits per heavy atom. The lowest BCUT2D eigenvalue weighted by atomic mass is 10.0. The zero-order chi connectivity index (χ0) is 30.9. The second-order valence-corrected chi connectivity index (χ2v) is 11.5. The fraction of sp³-hybridized carbons (Fsp3) is 0.214. The lowest BCUT2D eigenvalue weighted by Gasteiger charge is -2.35. The van der Waals surface area contributed by atoms with Crippen molar-refractivity contribution in [3.05, 3.63) is 65.8 Å². The van der Waals surface area contributed by atoms with E-state index in [1.807, 2.05) is 4.90 Å². The van der Waals surface area contributed by atoms with Gasteiger partial charge < -0.3 is 14.5 Å². The van der Waals surface area contributed by atoms with Gasteiger partial charge in [0.05, 0.1) is 23.3 Å². The molecule has 1 fully saturated rings. The Morgan fingerprint density at radius 3 is 2.49 bits per heavy atom. The van der Waals surface area contributed by atoms with Crippen LogP contribution in [-0.2, 0) is 19.6 Å². The molecular weight excluding hydrogens is 601 g/mol. The summed E-state index contributed by atoms with van der Waals surface area (Å²) in [5.74, 6) is -0.671. The number of hydrogen-bond acceptors (Lipinski definition) is 10. The van der Waals surface area contributed by atoms with Gasteiger partial charge in [0.25, 0.3) is 0 Å². The number of nitrogens with two attached hydrogens (primary N) is 1. The number of piperazine rings is 1. The SMILES string of the molecule is COc1ncc(-c2ccc3ncnc(N4CCN(C(=O)/C=C/C(C)=O)CC4)c3n2)cc1-c1c(F)ccc(S(N)(=O)=O)c1Cl. The molecule has 0 radical (unpaired) electrons. The number of fused-ring (bicyclic) bond motifs is 1. The molecule has 43 heavy (non-hydrogen) atoms. The number of rotatable bonds is 7. The molecule has 4 aromatic rings. The van der Waals surface area contributed by atoms with Crippen LogP contribution in [0.25, 0.3) is 33.4 Å². The van der Waals surface area contributed by atoms with Gasteiger partial charge in [-0.3, -0.25) is 9.59 Å². The van der Waals surface area contributed by atoms with E-state index in [-0.39, 0.29) is 28.7 Å². The van der Waals surface area contributed by atoms with Crippen LogP contribution in [0.2, 0.25) is 5.02 Å². The Balaban J connectivity index is 1.52. The fourth-order valence-corrected chi connectivity index (χ4v) is 5.87. The van der Waals surface area contributed by atoms with Crippen LogP contribution in [0.15, 0.2) is 59.9 Å². The number of amides is 1. The molecule has 15 heteroatoms. The number of carbonyl (C=O) groups excluding carboxylic acids is 2. The number of primary sulfonamides is 1. The molecule has 0 spiro atoms. The first kappa shape index (κ1) is 29.9. The number of carbonyl (C=O) groups is 2. The maximum Gasteiger partial charge on any atom is 0.246 e. The van der Waals surface area contributed by atoms with Gasteiger partial charge in [-0.25, -0.2) is 37.9 Å². The maximum atomic E-state index is 15.1. The van der Waals surface area contributed by atoms with E-state index in [1.54, 1.807) is 23.1 Å². The second-order valence-electron chi connectivity index (χ2n) is 9.58. The van der Waals surface area contributed by atoms with Gasteiger partial charge in [0, 0.05) is 55.1 Å². The van der Waals surface area contributed by atoms with E-state index in [2.05, 4.69) is 15.0 Å². The number of allylic oxidation sites excluding steroid dienone is 1. The molecule has 222 valence electrons. The number of methoxy groups -OCH3 is 1. The van der Waals surface area contributed by atoms with Gasteiger partial charge in [-0.15, -0.1) is 0 Å². The highest BCUT2D eigenvalue weighted by atomic mass is 35.5. The number of anilines is 1. The predicted molar refractivity (Wildman–Crippen MR) is 158 cm³/mol. The Kier molecular flexibility index (Phi) is 8.35. The lowest BCUT2D eigenvalue weighted by Crippen LogP contribution is -2.48. The Bertz CT molecular complexity index is 1900. The molecule has 1 amide bonds. The molecule has 0 unspecified atom stereocenters. The number of nitrogens with zero attached hydrogens (tertiary/aromatic N) is 6. The van der Waals surface area contributed by atoms with E-state index in [0.717, 1.165) is 12.1 Å². The molecule has 0 bridgehead atoms. The summed E-state index contributed by atoms with van der Waals surface area (Å²) in [4.78, 5) is 44.6. The molecule has 5 rings (SSSR count). The number of pyridine rings is 2. The predicted octanol–water partition coefficient (Wildman–Crippen LogP) is 3.00. The maximum absolute atomic E-state index is 15.1. The lowest BCUT2D eigenvalue weighted by molar-refractivity contribution is -0.126. The summed E-state index contributed by atoms with van der Waals surface area (Å²) in [6, 6.07) is 6.96. The minimum atomic E-state index is -4.25. The normalized spacial score (nSPS) is 14.0. The summed E-state index contributed by atoms with van der Waals surface area (Å²) in [5, 5.41) is 4.87. The van der Waals surface area contributed by atoms with Crippen molar-refractivity contribution in [3.8, 4) is 28.3 Å². The van der Waals surface area contributed by atoms with Crippen LogP contribution in [0, 0.1) is 5.82 Å². The quantitative estimate of drug-likeness (QED) is 0.302. The van der Waals surface area contributed by atoms with E-state index in [9.17, 15) is 18.0 Å². The third kappa shape index (κ3) is 6.16. The molecular formula is C28H25ClFN7O5S. The zero-order valence-corrected chi connectivity index (χ0v) is 24.6. The number of aromatic nitrogens is 4. The molecule has 0 saturated carbocycles. The van der Waals surface area contributed by atoms with E-state index in [1.165, 1.54) is 38.7 Å². The first-order valence-corrected chi connectivity index (χ1v) is 14.8. The van der Waals surface area contributed by atoms with Crippen LogP contribution >= 0.6 is 11.6 Å². The van der Waals surface area contributed by atoms with Gasteiger partial charge in [-0.1, -0.05) is 11.6 Å². The van der Waals surface area contributed by atoms with Gasteiger partial charge >= 0.3 is 0 Å². The number of benzene rings is 1. The smallest absolute Gasteiger partial charge is 0.246 e.